The predicted molar refractivity (Wildman–Crippen MR) is 139 cm³/mol. The molecule has 10 nitrogen and oxygen atoms in total. The Labute approximate surface area is 212 Å². The molecule has 0 spiro atoms. The fourth-order valence-electron chi connectivity index (χ4n) is 4.06. The summed E-state index contributed by atoms with van der Waals surface area (Å²) in [5.41, 5.74) is 7.14. The Kier molecular flexibility index (Phi) is 7.39. The molecule has 1 amide bonds. The molecule has 11 heteroatoms. The predicted octanol–water partition coefficient (Wildman–Crippen LogP) is 3.51. The van der Waals surface area contributed by atoms with Gasteiger partial charge in [0.2, 0.25) is 5.88 Å². The van der Waals surface area contributed by atoms with Crippen LogP contribution < -0.4 is 20.1 Å². The van der Waals surface area contributed by atoms with Crippen molar-refractivity contribution >= 4 is 27.6 Å². The van der Waals surface area contributed by atoms with Gasteiger partial charge in [-0.25, -0.2) is 19.7 Å². The molecule has 3 aromatic heterocycles. The normalized spacial score (nSPS) is 16.1. The Morgan fingerprint density at radius 1 is 1.19 bits per heavy atom. The molecule has 3 aromatic rings. The highest BCUT2D eigenvalue weighted by Crippen LogP contribution is 2.29. The smallest absolute Gasteiger partial charge is 0.281 e. The summed E-state index contributed by atoms with van der Waals surface area (Å²) in [5.74, 6) is 0.600. The van der Waals surface area contributed by atoms with Crippen molar-refractivity contribution in [3.8, 4) is 17.1 Å². The number of ether oxygens (including phenoxy) is 1. The number of hydrogen-bond donors (Lipinski definition) is 2. The first-order valence-corrected chi connectivity index (χ1v) is 13.3. The monoisotopic (exact) mass is 512 g/mol. The van der Waals surface area contributed by atoms with Gasteiger partial charge in [0.25, 0.3) is 15.9 Å². The number of nitrogen functional groups attached to an aromatic ring is 1. The Hall–Kier alpha value is -3.73. The van der Waals surface area contributed by atoms with E-state index in [-0.39, 0.29) is 23.9 Å². The molecule has 1 aliphatic heterocycles. The molecule has 0 aliphatic carbocycles. The fourth-order valence-corrected chi connectivity index (χ4v) is 5.00. The summed E-state index contributed by atoms with van der Waals surface area (Å²) in [7, 11) is -4.23. The number of nitrogens with one attached hydrogen (secondary N) is 1. The van der Waals surface area contributed by atoms with Crippen molar-refractivity contribution in [2.24, 2.45) is 5.92 Å². The van der Waals surface area contributed by atoms with E-state index in [0.29, 0.717) is 36.4 Å². The molecular formula is C25H32N6O4S. The van der Waals surface area contributed by atoms with Crippen LogP contribution in [0, 0.1) is 5.92 Å². The maximum absolute atomic E-state index is 13.2. The number of amides is 1. The quantitative estimate of drug-likeness (QED) is 0.486. The van der Waals surface area contributed by atoms with Crippen LogP contribution >= 0.6 is 0 Å². The van der Waals surface area contributed by atoms with Gasteiger partial charge in [0.15, 0.2) is 5.03 Å². The van der Waals surface area contributed by atoms with Crippen molar-refractivity contribution in [3.63, 3.8) is 0 Å². The van der Waals surface area contributed by atoms with Crippen LogP contribution in [0.4, 0.5) is 11.6 Å². The van der Waals surface area contributed by atoms with E-state index in [2.05, 4.69) is 21.6 Å². The highest BCUT2D eigenvalue weighted by atomic mass is 32.2. The van der Waals surface area contributed by atoms with Gasteiger partial charge in [-0.15, -0.1) is 0 Å². The van der Waals surface area contributed by atoms with Crippen LogP contribution in [0.1, 0.15) is 45.4 Å². The lowest BCUT2D eigenvalue weighted by Crippen LogP contribution is -2.38. The van der Waals surface area contributed by atoms with Gasteiger partial charge in [0.1, 0.15) is 11.6 Å². The minimum absolute atomic E-state index is 0. The van der Waals surface area contributed by atoms with Gasteiger partial charge in [0, 0.05) is 32.3 Å². The SMILES string of the molecule is CC(C)Oc1ccc(-c2ccc(C(=O)NS(=O)(=O)c3cccc(N)n3)c(N3CCC[C@@H](C)C3)n2)cn1.[HH]. The third kappa shape index (κ3) is 5.91. The highest BCUT2D eigenvalue weighted by Gasteiger charge is 2.27. The minimum Gasteiger partial charge on any atom is -0.475 e. The van der Waals surface area contributed by atoms with Crippen molar-refractivity contribution in [2.75, 3.05) is 23.7 Å². The summed E-state index contributed by atoms with van der Waals surface area (Å²) in [4.78, 5) is 28.2. The van der Waals surface area contributed by atoms with E-state index in [1.165, 1.54) is 18.2 Å². The van der Waals surface area contributed by atoms with E-state index in [1.54, 1.807) is 24.4 Å². The zero-order valence-corrected chi connectivity index (χ0v) is 21.3. The van der Waals surface area contributed by atoms with Crippen LogP contribution in [0.2, 0.25) is 0 Å². The standard InChI is InChI=1S/C25H30N6O4S.H2/c1-16(2)35-22-12-9-18(14-27-22)20-11-10-19(24(28-20)31-13-5-6-17(3)15-31)25(32)30-36(33,34)23-8-4-7-21(26)29-23;/h4,7-12,14,16-17H,5-6,13,15H2,1-3H3,(H2,26,29)(H,30,32);1H/t17-;/m1./s1. The molecule has 0 radical (unpaired) electrons. The average Bonchev–Trinajstić information content (AvgIpc) is 2.83. The number of aromatic nitrogens is 3. The molecule has 1 aliphatic rings. The first-order chi connectivity index (χ1) is 17.1. The van der Waals surface area contributed by atoms with Crippen LogP contribution in [-0.4, -0.2) is 48.5 Å². The van der Waals surface area contributed by atoms with E-state index in [9.17, 15) is 13.2 Å². The maximum Gasteiger partial charge on any atom is 0.281 e. The van der Waals surface area contributed by atoms with Crippen LogP contribution in [0.25, 0.3) is 11.3 Å². The maximum atomic E-state index is 13.2. The number of nitrogens with zero attached hydrogens (tertiary/aromatic N) is 4. The summed E-state index contributed by atoms with van der Waals surface area (Å²) in [6.45, 7) is 7.42. The third-order valence-corrected chi connectivity index (χ3v) is 6.94. The van der Waals surface area contributed by atoms with Gasteiger partial charge >= 0.3 is 0 Å². The molecular weight excluding hydrogens is 480 g/mol. The van der Waals surface area contributed by atoms with Gasteiger partial charge in [-0.3, -0.25) is 4.79 Å². The second-order valence-electron chi connectivity index (χ2n) is 9.15. The van der Waals surface area contributed by atoms with E-state index >= 15 is 0 Å². The minimum atomic E-state index is -4.23. The zero-order valence-electron chi connectivity index (χ0n) is 20.5. The zero-order chi connectivity index (χ0) is 25.9. The third-order valence-electron chi connectivity index (χ3n) is 5.71. The molecule has 192 valence electrons. The molecule has 0 saturated carbocycles. The van der Waals surface area contributed by atoms with E-state index < -0.39 is 15.9 Å². The van der Waals surface area contributed by atoms with E-state index in [0.717, 1.165) is 18.4 Å². The molecule has 3 N–H and O–H groups in total. The van der Waals surface area contributed by atoms with Gasteiger partial charge in [-0.1, -0.05) is 13.0 Å². The van der Waals surface area contributed by atoms with Crippen LogP contribution in [0.15, 0.2) is 53.7 Å². The Morgan fingerprint density at radius 3 is 2.67 bits per heavy atom. The molecule has 0 aromatic carbocycles. The molecule has 4 rings (SSSR count). The first-order valence-electron chi connectivity index (χ1n) is 11.8. The van der Waals surface area contributed by atoms with Crippen molar-refractivity contribution in [1.82, 2.24) is 19.7 Å². The number of pyridine rings is 3. The number of anilines is 2. The van der Waals surface area contributed by atoms with Gasteiger partial charge < -0.3 is 15.4 Å². The summed E-state index contributed by atoms with van der Waals surface area (Å²) < 4.78 is 33.3. The number of carbonyl (C=O) groups is 1. The number of rotatable bonds is 7. The molecule has 0 unspecified atom stereocenters. The molecule has 1 saturated heterocycles. The summed E-state index contributed by atoms with van der Waals surface area (Å²) >= 11 is 0. The van der Waals surface area contributed by atoms with Gasteiger partial charge in [-0.2, -0.15) is 8.42 Å². The van der Waals surface area contributed by atoms with E-state index in [4.69, 9.17) is 15.5 Å². The summed E-state index contributed by atoms with van der Waals surface area (Å²) in [6, 6.07) is 11.1. The van der Waals surface area contributed by atoms with Crippen LogP contribution in [0.5, 0.6) is 5.88 Å². The number of sulfonamides is 1. The van der Waals surface area contributed by atoms with Crippen LogP contribution in [-0.2, 0) is 10.0 Å². The molecule has 0 bridgehead atoms. The van der Waals surface area contributed by atoms with Crippen LogP contribution in [0.3, 0.4) is 0 Å². The lowest BCUT2D eigenvalue weighted by Gasteiger charge is -2.33. The lowest BCUT2D eigenvalue weighted by molar-refractivity contribution is 0.0981. The fraction of sp³-hybridized carbons (Fsp3) is 0.360. The molecule has 4 heterocycles. The molecule has 36 heavy (non-hydrogen) atoms. The van der Waals surface area contributed by atoms with Crippen molar-refractivity contribution in [1.29, 1.82) is 0 Å². The van der Waals surface area contributed by atoms with Gasteiger partial charge in [-0.05, 0) is 62.9 Å². The number of hydrogen-bond acceptors (Lipinski definition) is 9. The Morgan fingerprint density at radius 2 is 2.00 bits per heavy atom. The largest absolute Gasteiger partial charge is 0.475 e. The second-order valence-corrected chi connectivity index (χ2v) is 10.8. The Bertz CT molecular complexity index is 1350. The molecule has 1 fully saturated rings. The second kappa shape index (κ2) is 10.5. The van der Waals surface area contributed by atoms with Crippen molar-refractivity contribution < 1.29 is 19.4 Å². The topological polar surface area (TPSA) is 140 Å². The summed E-state index contributed by atoms with van der Waals surface area (Å²) in [5, 5.41) is -0.330. The highest BCUT2D eigenvalue weighted by molar-refractivity contribution is 7.90. The lowest BCUT2D eigenvalue weighted by atomic mass is 9.99. The van der Waals surface area contributed by atoms with Gasteiger partial charge in [0.05, 0.1) is 17.4 Å². The molecule has 1 atom stereocenters. The van der Waals surface area contributed by atoms with Crippen molar-refractivity contribution in [3.05, 3.63) is 54.2 Å². The van der Waals surface area contributed by atoms with Crippen molar-refractivity contribution in [2.45, 2.75) is 44.7 Å². The van der Waals surface area contributed by atoms with E-state index in [1.807, 2.05) is 24.8 Å². The average molecular weight is 513 g/mol. The number of piperidine rings is 1. The summed E-state index contributed by atoms with van der Waals surface area (Å²) in [6.07, 6.45) is 3.70. The number of carbonyl (C=O) groups excluding carboxylic acids is 1. The first kappa shape index (κ1) is 25.4. The number of nitrogens with two attached hydrogens (primary N) is 1. The Balaban J connectivity index is 0.00000380.